The van der Waals surface area contributed by atoms with Gasteiger partial charge in [0.15, 0.2) is 11.2 Å². The molecule has 1 aromatic carbocycles. The standard InChI is InChI=1S/C26H40Cl2O4/c1-4-7-8-9-10-11-12-13-14-15-16-19-31-24(29)26(5-2,6-3)25(30)32-23-20-21(27)17-18-22(23)28/h17-18,20H,4-16,19H2,1-3H3. The number of halogens is 2. The third kappa shape index (κ3) is 9.70. The lowest BCUT2D eigenvalue weighted by Gasteiger charge is -2.27. The number of carbonyl (C=O) groups excluding carboxylic acids is 2. The molecule has 0 fully saturated rings. The van der Waals surface area contributed by atoms with Gasteiger partial charge in [-0.2, -0.15) is 0 Å². The average Bonchev–Trinajstić information content (AvgIpc) is 2.78. The van der Waals surface area contributed by atoms with Gasteiger partial charge in [-0.25, -0.2) is 0 Å². The Balaban J connectivity index is 2.37. The number of hydrogen-bond acceptors (Lipinski definition) is 4. The van der Waals surface area contributed by atoms with E-state index in [1.54, 1.807) is 26.0 Å². The van der Waals surface area contributed by atoms with Crippen molar-refractivity contribution in [3.8, 4) is 5.75 Å². The van der Waals surface area contributed by atoms with Crippen LogP contribution in [0.4, 0.5) is 0 Å². The smallest absolute Gasteiger partial charge is 0.328 e. The Labute approximate surface area is 204 Å². The van der Waals surface area contributed by atoms with Crippen LogP contribution in [0.2, 0.25) is 10.0 Å². The van der Waals surface area contributed by atoms with E-state index in [-0.39, 0.29) is 23.6 Å². The minimum Gasteiger partial charge on any atom is -0.465 e. The molecule has 0 bridgehead atoms. The first-order chi connectivity index (χ1) is 15.4. The third-order valence-corrected chi connectivity index (χ3v) is 6.61. The topological polar surface area (TPSA) is 52.6 Å². The van der Waals surface area contributed by atoms with E-state index >= 15 is 0 Å². The molecular formula is C26H40Cl2O4. The first kappa shape index (κ1) is 28.8. The molecule has 6 heteroatoms. The van der Waals surface area contributed by atoms with Gasteiger partial charge < -0.3 is 9.47 Å². The molecule has 0 atom stereocenters. The summed E-state index contributed by atoms with van der Waals surface area (Å²) >= 11 is 12.1. The Morgan fingerprint density at radius 2 is 1.31 bits per heavy atom. The van der Waals surface area contributed by atoms with Crippen molar-refractivity contribution in [2.45, 2.75) is 104 Å². The molecule has 0 saturated carbocycles. The average molecular weight is 488 g/mol. The maximum Gasteiger partial charge on any atom is 0.328 e. The van der Waals surface area contributed by atoms with E-state index in [9.17, 15) is 9.59 Å². The van der Waals surface area contributed by atoms with Gasteiger partial charge in [-0.1, -0.05) is 108 Å². The molecule has 4 nitrogen and oxygen atoms in total. The summed E-state index contributed by atoms with van der Waals surface area (Å²) in [5, 5.41) is 0.660. The van der Waals surface area contributed by atoms with Gasteiger partial charge in [-0.15, -0.1) is 0 Å². The van der Waals surface area contributed by atoms with Crippen molar-refractivity contribution in [1.82, 2.24) is 0 Å². The number of carbonyl (C=O) groups is 2. The van der Waals surface area contributed by atoms with Crippen molar-refractivity contribution in [1.29, 1.82) is 0 Å². The van der Waals surface area contributed by atoms with Crippen LogP contribution in [0.1, 0.15) is 104 Å². The zero-order valence-corrected chi connectivity index (χ0v) is 21.5. The van der Waals surface area contributed by atoms with Gasteiger partial charge in [0.05, 0.1) is 11.6 Å². The molecular weight excluding hydrogens is 447 g/mol. The summed E-state index contributed by atoms with van der Waals surface area (Å²) in [6, 6.07) is 4.63. The highest BCUT2D eigenvalue weighted by Gasteiger charge is 2.46. The fourth-order valence-electron chi connectivity index (χ4n) is 3.73. The van der Waals surface area contributed by atoms with Gasteiger partial charge in [0.1, 0.15) is 0 Å². The monoisotopic (exact) mass is 486 g/mol. The number of ether oxygens (including phenoxy) is 2. The Bertz CT molecular complexity index is 686. The fraction of sp³-hybridized carbons (Fsp3) is 0.692. The number of esters is 2. The molecule has 0 aliphatic rings. The predicted molar refractivity (Wildman–Crippen MR) is 133 cm³/mol. The minimum absolute atomic E-state index is 0.147. The van der Waals surface area contributed by atoms with Crippen LogP contribution in [-0.4, -0.2) is 18.5 Å². The molecule has 0 aliphatic heterocycles. The first-order valence-electron chi connectivity index (χ1n) is 12.3. The molecule has 32 heavy (non-hydrogen) atoms. The van der Waals surface area contributed by atoms with Crippen molar-refractivity contribution >= 4 is 35.1 Å². The molecule has 0 saturated heterocycles. The molecule has 0 aliphatic carbocycles. The molecule has 0 unspecified atom stereocenters. The van der Waals surface area contributed by atoms with Crippen molar-refractivity contribution < 1.29 is 19.1 Å². The van der Waals surface area contributed by atoms with Gasteiger partial charge in [-0.05, 0) is 31.4 Å². The maximum absolute atomic E-state index is 12.9. The second-order valence-electron chi connectivity index (χ2n) is 8.42. The van der Waals surface area contributed by atoms with Gasteiger partial charge in [0.25, 0.3) is 0 Å². The second-order valence-corrected chi connectivity index (χ2v) is 9.27. The van der Waals surface area contributed by atoms with Crippen LogP contribution in [0, 0.1) is 5.41 Å². The summed E-state index contributed by atoms with van der Waals surface area (Å²) in [5.41, 5.74) is -1.34. The lowest BCUT2D eigenvalue weighted by atomic mass is 9.82. The molecule has 1 aromatic rings. The van der Waals surface area contributed by atoms with Crippen molar-refractivity contribution in [3.05, 3.63) is 28.2 Å². The summed E-state index contributed by atoms with van der Waals surface area (Å²) in [6.45, 7) is 6.13. The lowest BCUT2D eigenvalue weighted by Crippen LogP contribution is -2.42. The Kier molecular flexibility index (Phi) is 14.7. The first-order valence-corrected chi connectivity index (χ1v) is 13.0. The maximum atomic E-state index is 12.9. The number of rotatable bonds is 17. The third-order valence-electron chi connectivity index (χ3n) is 6.07. The molecule has 0 radical (unpaired) electrons. The quantitative estimate of drug-likeness (QED) is 0.0956. The highest BCUT2D eigenvalue weighted by Crippen LogP contribution is 2.34. The van der Waals surface area contributed by atoms with Gasteiger partial charge in [-0.3, -0.25) is 9.59 Å². The molecule has 182 valence electrons. The van der Waals surface area contributed by atoms with Crippen LogP contribution < -0.4 is 4.74 Å². The van der Waals surface area contributed by atoms with Crippen molar-refractivity contribution in [3.63, 3.8) is 0 Å². The van der Waals surface area contributed by atoms with Gasteiger partial charge in [0, 0.05) is 11.1 Å². The molecule has 0 heterocycles. The van der Waals surface area contributed by atoms with Crippen LogP contribution >= 0.6 is 23.2 Å². The van der Waals surface area contributed by atoms with Crippen LogP contribution in [0.15, 0.2) is 18.2 Å². The van der Waals surface area contributed by atoms with Crippen LogP contribution in [0.3, 0.4) is 0 Å². The van der Waals surface area contributed by atoms with Crippen LogP contribution in [-0.2, 0) is 14.3 Å². The van der Waals surface area contributed by atoms with E-state index in [0.29, 0.717) is 11.6 Å². The number of hydrogen-bond donors (Lipinski definition) is 0. The summed E-state index contributed by atoms with van der Waals surface area (Å²) in [5.74, 6) is -1.04. The van der Waals surface area contributed by atoms with Gasteiger partial charge in [0.2, 0.25) is 0 Å². The molecule has 0 amide bonds. The van der Waals surface area contributed by atoms with E-state index in [2.05, 4.69) is 6.92 Å². The van der Waals surface area contributed by atoms with E-state index in [0.717, 1.165) is 19.3 Å². The largest absolute Gasteiger partial charge is 0.465 e. The Morgan fingerprint density at radius 1 is 0.781 bits per heavy atom. The Hall–Kier alpha value is -1.26. The number of unbranched alkanes of at least 4 members (excludes halogenated alkanes) is 10. The number of benzene rings is 1. The van der Waals surface area contributed by atoms with E-state index < -0.39 is 17.4 Å². The molecule has 1 rings (SSSR count). The predicted octanol–water partition coefficient (Wildman–Crippen LogP) is 8.56. The fourth-order valence-corrected chi connectivity index (χ4v) is 4.05. The zero-order valence-electron chi connectivity index (χ0n) is 20.0. The second kappa shape index (κ2) is 16.4. The van der Waals surface area contributed by atoms with Crippen LogP contribution in [0.5, 0.6) is 5.75 Å². The molecule has 0 spiro atoms. The minimum atomic E-state index is -1.34. The summed E-state index contributed by atoms with van der Waals surface area (Å²) in [4.78, 5) is 25.7. The van der Waals surface area contributed by atoms with Gasteiger partial charge >= 0.3 is 11.9 Å². The van der Waals surface area contributed by atoms with Crippen molar-refractivity contribution in [2.24, 2.45) is 5.41 Å². The summed E-state index contributed by atoms with van der Waals surface area (Å²) < 4.78 is 10.9. The lowest BCUT2D eigenvalue weighted by molar-refractivity contribution is -0.168. The Morgan fingerprint density at radius 3 is 1.84 bits per heavy atom. The summed E-state index contributed by atoms with van der Waals surface area (Å²) in [7, 11) is 0. The highest BCUT2D eigenvalue weighted by atomic mass is 35.5. The van der Waals surface area contributed by atoms with E-state index in [1.165, 1.54) is 57.4 Å². The van der Waals surface area contributed by atoms with E-state index in [4.69, 9.17) is 32.7 Å². The van der Waals surface area contributed by atoms with Crippen LogP contribution in [0.25, 0.3) is 0 Å². The normalized spacial score (nSPS) is 11.4. The van der Waals surface area contributed by atoms with Crippen molar-refractivity contribution in [2.75, 3.05) is 6.61 Å². The summed E-state index contributed by atoms with van der Waals surface area (Å²) in [6.07, 6.45) is 14.1. The zero-order chi connectivity index (χ0) is 23.8. The highest BCUT2D eigenvalue weighted by molar-refractivity contribution is 6.34. The molecule has 0 N–H and O–H groups in total. The molecule has 0 aromatic heterocycles. The SMILES string of the molecule is CCCCCCCCCCCCCOC(=O)C(CC)(CC)C(=O)Oc1cc(Cl)ccc1Cl. The van der Waals surface area contributed by atoms with E-state index in [1.807, 2.05) is 0 Å².